The lowest BCUT2D eigenvalue weighted by Crippen LogP contribution is -2.36. The molecule has 0 unspecified atom stereocenters. The van der Waals surface area contributed by atoms with Gasteiger partial charge in [-0.15, -0.1) is 11.6 Å². The number of alkyl halides is 1. The van der Waals surface area contributed by atoms with Crippen LogP contribution in [0.4, 0.5) is 0 Å². The molecule has 0 aromatic rings. The summed E-state index contributed by atoms with van der Waals surface area (Å²) in [6.45, 7) is 3.52. The van der Waals surface area contributed by atoms with Gasteiger partial charge in [-0.25, -0.2) is 0 Å². The van der Waals surface area contributed by atoms with Crippen molar-refractivity contribution in [2.24, 2.45) is 0 Å². The third-order valence-electron chi connectivity index (χ3n) is 2.28. The highest BCUT2D eigenvalue weighted by molar-refractivity contribution is 6.21. The molecule has 19 heavy (non-hydrogen) atoms. The molecule has 0 spiro atoms. The Balaban J connectivity index is 2.70. The van der Waals surface area contributed by atoms with E-state index in [1.165, 1.54) is 20.8 Å². The summed E-state index contributed by atoms with van der Waals surface area (Å²) in [5.74, 6) is -1.67. The summed E-state index contributed by atoms with van der Waals surface area (Å²) in [6.07, 6.45) is -2.77. The highest BCUT2D eigenvalue weighted by Gasteiger charge is 2.48. The van der Waals surface area contributed by atoms with E-state index in [2.05, 4.69) is 0 Å². The first-order valence-electron chi connectivity index (χ1n) is 5.58. The van der Waals surface area contributed by atoms with Gasteiger partial charge in [-0.1, -0.05) is 0 Å². The summed E-state index contributed by atoms with van der Waals surface area (Å²) < 4.78 is 19.9. The zero-order chi connectivity index (χ0) is 14.6. The van der Waals surface area contributed by atoms with Crippen LogP contribution in [0.1, 0.15) is 20.8 Å². The fourth-order valence-corrected chi connectivity index (χ4v) is 1.89. The lowest BCUT2D eigenvalue weighted by atomic mass is 10.2. The van der Waals surface area contributed by atoms with Gasteiger partial charge in [0.1, 0.15) is 18.1 Å². The Morgan fingerprint density at radius 2 is 1.63 bits per heavy atom. The number of halogens is 1. The van der Waals surface area contributed by atoms with Crippen molar-refractivity contribution >= 4 is 29.5 Å². The van der Waals surface area contributed by atoms with Gasteiger partial charge in [-0.3, -0.25) is 14.4 Å². The smallest absolute Gasteiger partial charge is 0.305 e. The van der Waals surface area contributed by atoms with E-state index in [1.807, 2.05) is 0 Å². The average molecular weight is 295 g/mol. The van der Waals surface area contributed by atoms with E-state index in [0.29, 0.717) is 0 Å². The SMILES string of the molecule is CC(=O)OC[C@H]1O[C@H](OC(C)=O)[C@H](OC(C)=O)[C@H]1Cl. The molecule has 1 fully saturated rings. The molecule has 0 bridgehead atoms. The molecule has 4 atom stereocenters. The van der Waals surface area contributed by atoms with Gasteiger partial charge in [0.2, 0.25) is 6.29 Å². The van der Waals surface area contributed by atoms with Crippen molar-refractivity contribution in [3.8, 4) is 0 Å². The number of ether oxygens (including phenoxy) is 4. The predicted molar refractivity (Wildman–Crippen MR) is 62.3 cm³/mol. The molecule has 0 aromatic heterocycles. The van der Waals surface area contributed by atoms with Gasteiger partial charge in [0.05, 0.1) is 0 Å². The molecule has 0 saturated carbocycles. The van der Waals surface area contributed by atoms with Crippen LogP contribution in [0.2, 0.25) is 0 Å². The minimum atomic E-state index is -1.11. The molecule has 8 heteroatoms. The Bertz CT molecular complexity index is 370. The summed E-state index contributed by atoms with van der Waals surface area (Å²) in [5.41, 5.74) is 0. The first-order chi connectivity index (χ1) is 8.81. The molecule has 0 radical (unpaired) electrons. The average Bonchev–Trinajstić information content (AvgIpc) is 2.53. The molecule has 1 heterocycles. The Labute approximate surface area is 115 Å². The van der Waals surface area contributed by atoms with Gasteiger partial charge >= 0.3 is 17.9 Å². The van der Waals surface area contributed by atoms with Crippen molar-refractivity contribution in [2.75, 3.05) is 6.61 Å². The Hall–Kier alpha value is -1.34. The minimum absolute atomic E-state index is 0.112. The maximum absolute atomic E-state index is 11.0. The molecule has 1 saturated heterocycles. The second-order valence-electron chi connectivity index (χ2n) is 3.97. The second-order valence-corrected chi connectivity index (χ2v) is 4.48. The van der Waals surface area contributed by atoms with Crippen LogP contribution in [0.15, 0.2) is 0 Å². The maximum atomic E-state index is 11.0. The molecule has 1 aliphatic heterocycles. The van der Waals surface area contributed by atoms with Gasteiger partial charge in [0.25, 0.3) is 0 Å². The molecule has 1 aliphatic rings. The standard InChI is InChI=1S/C11H15ClO7/c1-5(13)16-4-8-9(12)10(17-6(2)14)11(19-8)18-7(3)15/h8-11H,4H2,1-3H3/t8-,9+,10-,11+/m1/s1. The van der Waals surface area contributed by atoms with Crippen molar-refractivity contribution in [3.63, 3.8) is 0 Å². The van der Waals surface area contributed by atoms with Crippen molar-refractivity contribution in [1.82, 2.24) is 0 Å². The van der Waals surface area contributed by atoms with Crippen LogP contribution >= 0.6 is 11.6 Å². The highest BCUT2D eigenvalue weighted by Crippen LogP contribution is 2.29. The van der Waals surface area contributed by atoms with E-state index in [1.54, 1.807) is 0 Å². The number of rotatable bonds is 4. The summed E-state index contributed by atoms with van der Waals surface area (Å²) >= 11 is 6.07. The molecular formula is C11H15ClO7. The summed E-state index contributed by atoms with van der Waals surface area (Å²) in [7, 11) is 0. The van der Waals surface area contributed by atoms with Gasteiger partial charge in [-0.05, 0) is 0 Å². The van der Waals surface area contributed by atoms with E-state index >= 15 is 0 Å². The third-order valence-corrected chi connectivity index (χ3v) is 2.81. The van der Waals surface area contributed by atoms with Crippen LogP contribution < -0.4 is 0 Å². The van der Waals surface area contributed by atoms with E-state index in [4.69, 9.17) is 30.5 Å². The van der Waals surface area contributed by atoms with Gasteiger partial charge in [-0.2, -0.15) is 0 Å². The van der Waals surface area contributed by atoms with Gasteiger partial charge in [0.15, 0.2) is 6.10 Å². The molecule has 108 valence electrons. The number of carbonyl (C=O) groups excluding carboxylic acids is 3. The second kappa shape index (κ2) is 6.72. The number of hydrogen-bond donors (Lipinski definition) is 0. The first kappa shape index (κ1) is 15.7. The highest BCUT2D eigenvalue weighted by atomic mass is 35.5. The number of carbonyl (C=O) groups is 3. The quantitative estimate of drug-likeness (QED) is 0.420. The van der Waals surface area contributed by atoms with Crippen molar-refractivity contribution in [1.29, 1.82) is 0 Å². The van der Waals surface area contributed by atoms with E-state index in [-0.39, 0.29) is 6.61 Å². The fourth-order valence-electron chi connectivity index (χ4n) is 1.59. The zero-order valence-electron chi connectivity index (χ0n) is 10.8. The molecule has 0 amide bonds. The Kier molecular flexibility index (Phi) is 5.56. The Morgan fingerprint density at radius 1 is 1.05 bits per heavy atom. The number of hydrogen-bond acceptors (Lipinski definition) is 7. The lowest BCUT2D eigenvalue weighted by Gasteiger charge is -2.18. The predicted octanol–water partition coefficient (Wildman–Crippen LogP) is 0.377. The van der Waals surface area contributed by atoms with Crippen LogP contribution in [0, 0.1) is 0 Å². The van der Waals surface area contributed by atoms with E-state index in [0.717, 1.165) is 0 Å². The molecule has 7 nitrogen and oxygen atoms in total. The van der Waals surface area contributed by atoms with Crippen molar-refractivity contribution in [3.05, 3.63) is 0 Å². The van der Waals surface area contributed by atoms with Crippen LogP contribution in [0.5, 0.6) is 0 Å². The zero-order valence-corrected chi connectivity index (χ0v) is 11.5. The Morgan fingerprint density at radius 3 is 2.11 bits per heavy atom. The van der Waals surface area contributed by atoms with Crippen LogP contribution in [-0.4, -0.2) is 48.4 Å². The van der Waals surface area contributed by atoms with Crippen molar-refractivity contribution in [2.45, 2.75) is 44.6 Å². The summed E-state index contributed by atoms with van der Waals surface area (Å²) in [4.78, 5) is 32.7. The van der Waals surface area contributed by atoms with Gasteiger partial charge < -0.3 is 18.9 Å². The molecule has 1 rings (SSSR count). The number of esters is 3. The largest absolute Gasteiger partial charge is 0.463 e. The molecule has 0 aliphatic carbocycles. The summed E-state index contributed by atoms with van der Waals surface area (Å²) in [5, 5.41) is -0.785. The van der Waals surface area contributed by atoms with Crippen molar-refractivity contribution < 1.29 is 33.3 Å². The molecular weight excluding hydrogens is 280 g/mol. The molecule has 0 aromatic carbocycles. The summed E-state index contributed by atoms with van der Waals surface area (Å²) in [6, 6.07) is 0. The monoisotopic (exact) mass is 294 g/mol. The third kappa shape index (κ3) is 4.68. The van der Waals surface area contributed by atoms with Gasteiger partial charge in [0, 0.05) is 20.8 Å². The van der Waals surface area contributed by atoms with Crippen LogP contribution in [0.3, 0.4) is 0 Å². The topological polar surface area (TPSA) is 88.1 Å². The minimum Gasteiger partial charge on any atom is -0.463 e. The lowest BCUT2D eigenvalue weighted by molar-refractivity contribution is -0.196. The first-order valence-corrected chi connectivity index (χ1v) is 6.02. The van der Waals surface area contributed by atoms with E-state index < -0.39 is 41.8 Å². The normalized spacial score (nSPS) is 29.7. The molecule has 0 N–H and O–H groups in total. The fraction of sp³-hybridized carbons (Fsp3) is 0.727. The van der Waals surface area contributed by atoms with Crippen LogP contribution in [-0.2, 0) is 33.3 Å². The van der Waals surface area contributed by atoms with Crippen LogP contribution in [0.25, 0.3) is 0 Å². The maximum Gasteiger partial charge on any atom is 0.305 e. The van der Waals surface area contributed by atoms with E-state index in [9.17, 15) is 14.4 Å².